The van der Waals surface area contributed by atoms with E-state index < -0.39 is 28.7 Å². The predicted molar refractivity (Wildman–Crippen MR) is 95.7 cm³/mol. The maximum atomic E-state index is 13.2. The maximum Gasteiger partial charge on any atom is 0.417 e. The summed E-state index contributed by atoms with van der Waals surface area (Å²) in [7, 11) is 0. The summed E-state index contributed by atoms with van der Waals surface area (Å²) in [4.78, 5) is 26.4. The minimum atomic E-state index is -4.74. The number of alkyl halides is 3. The lowest BCUT2D eigenvalue weighted by atomic mass is 10.0. The van der Waals surface area contributed by atoms with E-state index in [4.69, 9.17) is 17.5 Å². The molecule has 0 unspecified atom stereocenters. The molecule has 1 N–H and O–H groups in total. The zero-order chi connectivity index (χ0) is 20.6. The van der Waals surface area contributed by atoms with Crippen LogP contribution in [0.15, 0.2) is 18.2 Å². The minimum absolute atomic E-state index is 0.0354. The van der Waals surface area contributed by atoms with Crippen molar-refractivity contribution < 1.29 is 22.8 Å². The van der Waals surface area contributed by atoms with Gasteiger partial charge in [-0.3, -0.25) is 14.5 Å². The summed E-state index contributed by atoms with van der Waals surface area (Å²) < 4.78 is 39.7. The number of hydrogen-bond acceptors (Lipinski definition) is 4. The van der Waals surface area contributed by atoms with Crippen molar-refractivity contribution in [3.05, 3.63) is 29.3 Å². The highest BCUT2D eigenvalue weighted by Crippen LogP contribution is 2.37. The smallest absolute Gasteiger partial charge is 0.355 e. The first kappa shape index (κ1) is 20.6. The van der Waals surface area contributed by atoms with E-state index in [2.05, 4.69) is 5.32 Å². The maximum absolute atomic E-state index is 13.2. The van der Waals surface area contributed by atoms with E-state index in [1.807, 2.05) is 0 Å². The Kier molecular flexibility index (Phi) is 5.47. The lowest BCUT2D eigenvalue weighted by molar-refractivity contribution is -0.137. The molecule has 1 heterocycles. The van der Waals surface area contributed by atoms with Gasteiger partial charge in [-0.1, -0.05) is 0 Å². The molecule has 1 aliphatic rings. The number of nitrogens with one attached hydrogen (secondary N) is 1. The number of rotatable bonds is 4. The molecule has 1 aliphatic heterocycles. The lowest BCUT2D eigenvalue weighted by Crippen LogP contribution is -2.47. The molecular formula is C17H17F3N4O2S. The highest BCUT2D eigenvalue weighted by molar-refractivity contribution is 7.80. The molecule has 10 heteroatoms. The summed E-state index contributed by atoms with van der Waals surface area (Å²) in [6.45, 7) is 4.99. The van der Waals surface area contributed by atoms with Crippen LogP contribution >= 0.6 is 12.2 Å². The monoisotopic (exact) mass is 398 g/mol. The van der Waals surface area contributed by atoms with Crippen LogP contribution in [-0.4, -0.2) is 40.5 Å². The Bertz CT molecular complexity index is 846. The number of thiocarbonyl (C=S) groups is 1. The largest absolute Gasteiger partial charge is 0.417 e. The number of nitriles is 1. The van der Waals surface area contributed by atoms with Crippen molar-refractivity contribution in [1.29, 1.82) is 5.26 Å². The van der Waals surface area contributed by atoms with Gasteiger partial charge in [0.2, 0.25) is 5.91 Å². The van der Waals surface area contributed by atoms with E-state index in [9.17, 15) is 22.8 Å². The van der Waals surface area contributed by atoms with Crippen LogP contribution in [0.2, 0.25) is 0 Å². The van der Waals surface area contributed by atoms with E-state index in [1.165, 1.54) is 19.1 Å². The Balaban J connectivity index is 2.42. The van der Waals surface area contributed by atoms with E-state index in [1.54, 1.807) is 18.7 Å². The van der Waals surface area contributed by atoms with E-state index in [-0.39, 0.29) is 29.8 Å². The van der Waals surface area contributed by atoms with Crippen molar-refractivity contribution in [2.24, 2.45) is 0 Å². The van der Waals surface area contributed by atoms with Crippen molar-refractivity contribution >= 4 is 34.8 Å². The third-order valence-electron chi connectivity index (χ3n) is 4.22. The van der Waals surface area contributed by atoms with Gasteiger partial charge in [0, 0.05) is 20.0 Å². The number of carbonyl (C=O) groups excluding carboxylic acids is 2. The van der Waals surface area contributed by atoms with Crippen molar-refractivity contribution in [2.45, 2.75) is 32.5 Å². The molecule has 2 rings (SSSR count). The molecule has 1 aromatic carbocycles. The number of anilines is 1. The number of halogens is 3. The number of hydrogen-bond donors (Lipinski definition) is 1. The van der Waals surface area contributed by atoms with E-state index in [0.29, 0.717) is 0 Å². The molecular weight excluding hydrogens is 381 g/mol. The van der Waals surface area contributed by atoms with Crippen LogP contribution in [0.25, 0.3) is 0 Å². The molecule has 0 spiro atoms. The first-order valence-electron chi connectivity index (χ1n) is 7.93. The fourth-order valence-corrected chi connectivity index (χ4v) is 3.29. The topological polar surface area (TPSA) is 76.4 Å². The van der Waals surface area contributed by atoms with Gasteiger partial charge in [0.15, 0.2) is 5.11 Å². The van der Waals surface area contributed by atoms with Crippen molar-refractivity contribution in [3.63, 3.8) is 0 Å². The molecule has 1 fully saturated rings. The average Bonchev–Trinajstić information content (AvgIpc) is 2.73. The molecule has 144 valence electrons. The Morgan fingerprint density at radius 1 is 1.37 bits per heavy atom. The molecule has 0 aromatic heterocycles. The first-order chi connectivity index (χ1) is 12.4. The zero-order valence-electron chi connectivity index (χ0n) is 14.8. The molecule has 1 aromatic rings. The summed E-state index contributed by atoms with van der Waals surface area (Å²) in [5, 5.41) is 11.5. The van der Waals surface area contributed by atoms with Gasteiger partial charge in [-0.15, -0.1) is 0 Å². The van der Waals surface area contributed by atoms with Crippen LogP contribution in [0.3, 0.4) is 0 Å². The number of amides is 2. The van der Waals surface area contributed by atoms with Crippen molar-refractivity contribution in [2.75, 3.05) is 18.0 Å². The zero-order valence-corrected chi connectivity index (χ0v) is 15.7. The van der Waals surface area contributed by atoms with Crippen LogP contribution in [0, 0.1) is 11.3 Å². The van der Waals surface area contributed by atoms with Crippen LogP contribution < -0.4 is 10.2 Å². The molecule has 0 atom stereocenters. The van der Waals surface area contributed by atoms with Gasteiger partial charge in [0.1, 0.15) is 5.54 Å². The second kappa shape index (κ2) is 7.15. The third-order valence-corrected chi connectivity index (χ3v) is 4.62. The summed E-state index contributed by atoms with van der Waals surface area (Å²) in [6.07, 6.45) is -4.74. The third kappa shape index (κ3) is 3.88. The van der Waals surface area contributed by atoms with Crippen molar-refractivity contribution in [3.8, 4) is 6.07 Å². The molecule has 0 radical (unpaired) electrons. The van der Waals surface area contributed by atoms with Crippen molar-refractivity contribution in [1.82, 2.24) is 10.2 Å². The van der Waals surface area contributed by atoms with Gasteiger partial charge in [0.25, 0.3) is 5.91 Å². The Morgan fingerprint density at radius 2 is 2.00 bits per heavy atom. The molecule has 0 aliphatic carbocycles. The highest BCUT2D eigenvalue weighted by Gasteiger charge is 2.49. The van der Waals surface area contributed by atoms with Gasteiger partial charge < -0.3 is 10.2 Å². The normalized spacial score (nSPS) is 16.5. The fourth-order valence-electron chi connectivity index (χ4n) is 2.79. The van der Waals surface area contributed by atoms with Crippen LogP contribution in [0.5, 0.6) is 0 Å². The van der Waals surface area contributed by atoms with Gasteiger partial charge in [-0.05, 0) is 44.3 Å². The first-order valence-corrected chi connectivity index (χ1v) is 8.34. The second-order valence-electron chi connectivity index (χ2n) is 6.46. The molecule has 2 amide bonds. The van der Waals surface area contributed by atoms with Crippen LogP contribution in [-0.2, 0) is 15.8 Å². The summed E-state index contributed by atoms with van der Waals surface area (Å²) in [5.41, 5.74) is -2.83. The summed E-state index contributed by atoms with van der Waals surface area (Å²) in [5.74, 6) is -0.740. The molecule has 0 saturated carbocycles. The van der Waals surface area contributed by atoms with Crippen LogP contribution in [0.1, 0.15) is 31.9 Å². The summed E-state index contributed by atoms with van der Waals surface area (Å²) in [6, 6.07) is 4.52. The van der Waals surface area contributed by atoms with Gasteiger partial charge in [0.05, 0.1) is 22.9 Å². The average molecular weight is 398 g/mol. The number of carbonyl (C=O) groups is 2. The number of nitrogens with zero attached hydrogens (tertiary/aromatic N) is 3. The molecule has 0 bridgehead atoms. The molecule has 1 saturated heterocycles. The quantitative estimate of drug-likeness (QED) is 0.789. The van der Waals surface area contributed by atoms with E-state index in [0.717, 1.165) is 17.0 Å². The second-order valence-corrected chi connectivity index (χ2v) is 6.82. The Morgan fingerprint density at radius 3 is 2.52 bits per heavy atom. The summed E-state index contributed by atoms with van der Waals surface area (Å²) >= 11 is 5.32. The molecule has 27 heavy (non-hydrogen) atoms. The fraction of sp³-hybridized carbons (Fsp3) is 0.412. The highest BCUT2D eigenvalue weighted by atomic mass is 32.1. The van der Waals surface area contributed by atoms with Gasteiger partial charge >= 0.3 is 6.18 Å². The number of benzene rings is 1. The standard InChI is InChI=1S/C17H17F3N4O2S/c1-10(25)22-6-7-23-15(27)24(14(26)16(23,2)3)12-5-4-11(9-21)13(8-12)17(18,19)20/h4-5,8H,6-7H2,1-3H3,(H,22,25). The predicted octanol–water partition coefficient (Wildman–Crippen LogP) is 2.43. The molecule has 6 nitrogen and oxygen atoms in total. The Labute approximate surface area is 159 Å². The lowest BCUT2D eigenvalue weighted by Gasteiger charge is -2.29. The SMILES string of the molecule is CC(=O)NCCN1C(=S)N(c2ccc(C#N)c(C(F)(F)F)c2)C(=O)C1(C)C. The minimum Gasteiger partial charge on any atom is -0.355 e. The Hall–Kier alpha value is -2.67. The van der Waals surface area contributed by atoms with Gasteiger partial charge in [-0.25, -0.2) is 0 Å². The van der Waals surface area contributed by atoms with E-state index >= 15 is 0 Å². The van der Waals surface area contributed by atoms with Crippen LogP contribution in [0.4, 0.5) is 18.9 Å². The van der Waals surface area contributed by atoms with Gasteiger partial charge in [-0.2, -0.15) is 18.4 Å².